The average molecular weight is 579 g/mol. The first-order chi connectivity index (χ1) is 19.9. The molecule has 8 nitrogen and oxygen atoms in total. The van der Waals surface area contributed by atoms with Crippen LogP contribution in [0.2, 0.25) is 0 Å². The Morgan fingerprint density at radius 3 is 2.88 bits per heavy atom. The Morgan fingerprint density at radius 1 is 1.17 bits per heavy atom. The Bertz CT molecular complexity index is 1570. The van der Waals surface area contributed by atoms with Crippen LogP contribution in [0.15, 0.2) is 65.7 Å². The van der Waals surface area contributed by atoms with Crippen molar-refractivity contribution in [1.29, 1.82) is 0 Å². The fourth-order valence-corrected chi connectivity index (χ4v) is 6.52. The van der Waals surface area contributed by atoms with Crippen molar-refractivity contribution in [2.75, 3.05) is 43.2 Å². The van der Waals surface area contributed by atoms with E-state index in [1.165, 1.54) is 31.0 Å². The molecule has 11 heteroatoms. The third kappa shape index (κ3) is 5.73. The van der Waals surface area contributed by atoms with Crippen LogP contribution in [0.1, 0.15) is 40.4 Å². The quantitative estimate of drug-likeness (QED) is 0.222. The molecule has 2 aromatic carbocycles. The van der Waals surface area contributed by atoms with Crippen LogP contribution in [-0.4, -0.2) is 70.7 Å². The Balaban J connectivity index is 1.18. The molecule has 2 aliphatic rings. The topological polar surface area (TPSA) is 75.0 Å². The zero-order chi connectivity index (χ0) is 28.5. The summed E-state index contributed by atoms with van der Waals surface area (Å²) in [5, 5.41) is 8.45. The van der Waals surface area contributed by atoms with E-state index in [1.807, 2.05) is 41.5 Å². The van der Waals surface area contributed by atoms with E-state index < -0.39 is 6.17 Å². The fraction of sp³-hybridized carbons (Fsp3) is 0.367. The van der Waals surface area contributed by atoms with Gasteiger partial charge in [0.2, 0.25) is 0 Å². The largest absolute Gasteiger partial charge is 0.465 e. The van der Waals surface area contributed by atoms with E-state index in [4.69, 9.17) is 9.84 Å². The lowest BCUT2D eigenvalue weighted by Crippen LogP contribution is -2.27. The normalized spacial score (nSPS) is 21.1. The number of alkyl halides is 1. The lowest BCUT2D eigenvalue weighted by molar-refractivity contribution is 0.0600. The molecular formula is C30H32F2N6O2S. The van der Waals surface area contributed by atoms with Crippen LogP contribution in [0.5, 0.6) is 0 Å². The fourth-order valence-electron chi connectivity index (χ4n) is 5.89. The van der Waals surface area contributed by atoms with Gasteiger partial charge in [0.15, 0.2) is 5.65 Å². The van der Waals surface area contributed by atoms with Crippen molar-refractivity contribution in [2.45, 2.75) is 42.5 Å². The van der Waals surface area contributed by atoms with Gasteiger partial charge in [0.05, 0.1) is 31.5 Å². The number of methoxy groups -OCH3 is 1. The second-order valence-electron chi connectivity index (χ2n) is 10.5. The molecule has 2 aliphatic heterocycles. The van der Waals surface area contributed by atoms with E-state index in [0.29, 0.717) is 17.0 Å². The third-order valence-corrected chi connectivity index (χ3v) is 8.63. The number of rotatable bonds is 8. The summed E-state index contributed by atoms with van der Waals surface area (Å²) in [6.45, 7) is 2.66. The van der Waals surface area contributed by atoms with Gasteiger partial charge in [-0.15, -0.1) is 16.9 Å². The monoisotopic (exact) mass is 578 g/mol. The number of fused-ring (bicyclic) bond motifs is 1. The SMILES string of the molecule is COC(=O)c1cccc(CN2CCC(Nc3cnc4ccc(N5CC(F)CC5c5cc(F)ccc5SC)nn34)C2)c1. The molecule has 4 aromatic rings. The standard InChI is InChI=1S/C30H32F2N6O2S/c1-40-30(39)20-5-3-4-19(12-20)16-36-11-10-23(18-36)34-29-15-33-27-8-9-28(35-38(27)29)37-17-22(32)14-25(37)24-13-21(31)6-7-26(24)41-2/h3-9,12-13,15,22-23,25,34H,10-11,14,16-18H2,1-2H3. The van der Waals surface area contributed by atoms with Gasteiger partial charge in [-0.1, -0.05) is 12.1 Å². The average Bonchev–Trinajstić information content (AvgIpc) is 3.71. The number of ether oxygens (including phenoxy) is 1. The number of thioether (sulfide) groups is 1. The maximum absolute atomic E-state index is 14.8. The molecule has 3 atom stereocenters. The van der Waals surface area contributed by atoms with Crippen molar-refractivity contribution < 1.29 is 18.3 Å². The molecule has 0 bridgehead atoms. The highest BCUT2D eigenvalue weighted by Crippen LogP contribution is 2.40. The minimum Gasteiger partial charge on any atom is -0.465 e. The number of carbonyl (C=O) groups is 1. The second kappa shape index (κ2) is 11.7. The number of benzene rings is 2. The first kappa shape index (κ1) is 27.5. The van der Waals surface area contributed by atoms with Crippen molar-refractivity contribution in [1.82, 2.24) is 19.5 Å². The Labute approximate surface area is 241 Å². The molecule has 2 fully saturated rings. The molecular weight excluding hydrogens is 546 g/mol. The molecule has 3 unspecified atom stereocenters. The molecule has 0 radical (unpaired) electrons. The summed E-state index contributed by atoms with van der Waals surface area (Å²) in [5.74, 6) is 0.726. The molecule has 0 spiro atoms. The lowest BCUT2D eigenvalue weighted by Gasteiger charge is -2.27. The Kier molecular flexibility index (Phi) is 7.81. The van der Waals surface area contributed by atoms with Crippen molar-refractivity contribution in [3.8, 4) is 0 Å². The number of imidazole rings is 1. The highest BCUT2D eigenvalue weighted by molar-refractivity contribution is 7.98. The van der Waals surface area contributed by atoms with Gasteiger partial charge in [0.1, 0.15) is 23.6 Å². The smallest absolute Gasteiger partial charge is 0.337 e. The van der Waals surface area contributed by atoms with Gasteiger partial charge >= 0.3 is 5.97 Å². The number of aromatic nitrogens is 3. The summed E-state index contributed by atoms with van der Waals surface area (Å²) >= 11 is 1.53. The minimum absolute atomic E-state index is 0.190. The summed E-state index contributed by atoms with van der Waals surface area (Å²) in [4.78, 5) is 21.6. The van der Waals surface area contributed by atoms with Gasteiger partial charge in [-0.2, -0.15) is 4.52 Å². The summed E-state index contributed by atoms with van der Waals surface area (Å²) in [6, 6.07) is 15.9. The van der Waals surface area contributed by atoms with Crippen LogP contribution in [0.4, 0.5) is 20.4 Å². The molecule has 1 N–H and O–H groups in total. The van der Waals surface area contributed by atoms with E-state index in [2.05, 4.69) is 15.2 Å². The number of nitrogens with one attached hydrogen (secondary N) is 1. The third-order valence-electron chi connectivity index (χ3n) is 7.82. The van der Waals surface area contributed by atoms with E-state index in [9.17, 15) is 13.6 Å². The molecule has 2 saturated heterocycles. The van der Waals surface area contributed by atoms with Gasteiger partial charge < -0.3 is 15.0 Å². The predicted molar refractivity (Wildman–Crippen MR) is 156 cm³/mol. The predicted octanol–water partition coefficient (Wildman–Crippen LogP) is 5.35. The zero-order valence-electron chi connectivity index (χ0n) is 23.0. The molecule has 41 heavy (non-hydrogen) atoms. The summed E-state index contributed by atoms with van der Waals surface area (Å²) in [5.41, 5.74) is 3.08. The van der Waals surface area contributed by atoms with Crippen molar-refractivity contribution in [3.63, 3.8) is 0 Å². The highest BCUT2D eigenvalue weighted by atomic mass is 32.2. The van der Waals surface area contributed by atoms with Gasteiger partial charge in [0, 0.05) is 37.0 Å². The summed E-state index contributed by atoms with van der Waals surface area (Å²) in [6.07, 6.45) is 3.91. The van der Waals surface area contributed by atoms with Crippen LogP contribution in [0, 0.1) is 5.82 Å². The van der Waals surface area contributed by atoms with Crippen molar-refractivity contribution in [3.05, 3.63) is 83.3 Å². The number of nitrogens with zero attached hydrogens (tertiary/aromatic N) is 5. The van der Waals surface area contributed by atoms with Crippen molar-refractivity contribution in [2.24, 2.45) is 0 Å². The van der Waals surface area contributed by atoms with Gasteiger partial charge in [-0.05, 0) is 66.3 Å². The van der Waals surface area contributed by atoms with Gasteiger partial charge in [-0.3, -0.25) is 4.90 Å². The van der Waals surface area contributed by atoms with Gasteiger partial charge in [-0.25, -0.2) is 18.6 Å². The zero-order valence-corrected chi connectivity index (χ0v) is 23.8. The van der Waals surface area contributed by atoms with E-state index in [-0.39, 0.29) is 36.8 Å². The number of esters is 1. The molecule has 214 valence electrons. The van der Waals surface area contributed by atoms with Crippen LogP contribution >= 0.6 is 11.8 Å². The van der Waals surface area contributed by atoms with Crippen LogP contribution in [0.3, 0.4) is 0 Å². The van der Waals surface area contributed by atoms with Crippen LogP contribution in [-0.2, 0) is 11.3 Å². The number of anilines is 2. The second-order valence-corrected chi connectivity index (χ2v) is 11.4. The van der Waals surface area contributed by atoms with Crippen LogP contribution < -0.4 is 10.2 Å². The number of halogens is 2. The summed E-state index contributed by atoms with van der Waals surface area (Å²) in [7, 11) is 1.39. The number of hydrogen-bond acceptors (Lipinski definition) is 8. The minimum atomic E-state index is -1.03. The maximum Gasteiger partial charge on any atom is 0.337 e. The van der Waals surface area contributed by atoms with E-state index in [1.54, 1.807) is 22.8 Å². The maximum atomic E-state index is 14.8. The van der Waals surface area contributed by atoms with Gasteiger partial charge in [0.25, 0.3) is 0 Å². The molecule has 4 heterocycles. The highest BCUT2D eigenvalue weighted by Gasteiger charge is 2.36. The first-order valence-electron chi connectivity index (χ1n) is 13.7. The van der Waals surface area contributed by atoms with E-state index >= 15 is 0 Å². The van der Waals surface area contributed by atoms with E-state index in [0.717, 1.165) is 47.9 Å². The number of likely N-dealkylation sites (tertiary alicyclic amines) is 1. The number of carbonyl (C=O) groups excluding carboxylic acids is 1. The molecule has 2 aromatic heterocycles. The molecule has 0 saturated carbocycles. The van der Waals surface area contributed by atoms with Crippen molar-refractivity contribution >= 4 is 35.0 Å². The Morgan fingerprint density at radius 2 is 2.05 bits per heavy atom. The lowest BCUT2D eigenvalue weighted by atomic mass is 10.0. The first-order valence-corrected chi connectivity index (χ1v) is 14.9. The van der Waals surface area contributed by atoms with Crippen LogP contribution in [0.25, 0.3) is 5.65 Å². The Hall–Kier alpha value is -3.70. The summed E-state index contributed by atoms with van der Waals surface area (Å²) < 4.78 is 35.6. The molecule has 0 aliphatic carbocycles. The number of hydrogen-bond donors (Lipinski definition) is 1. The molecule has 0 amide bonds. The molecule has 6 rings (SSSR count).